The van der Waals surface area contributed by atoms with Crippen molar-refractivity contribution in [2.24, 2.45) is 0 Å². The third-order valence-corrected chi connectivity index (χ3v) is 4.60. The van der Waals surface area contributed by atoms with E-state index in [9.17, 15) is 0 Å². The highest BCUT2D eigenvalue weighted by molar-refractivity contribution is 5.64. The minimum absolute atomic E-state index is 0.261. The van der Waals surface area contributed by atoms with Crippen LogP contribution >= 0.6 is 0 Å². The lowest BCUT2D eigenvalue weighted by Crippen LogP contribution is -2.49. The second kappa shape index (κ2) is 5.46. The summed E-state index contributed by atoms with van der Waals surface area (Å²) in [5.74, 6) is 1.91. The Balaban J connectivity index is 1.47. The van der Waals surface area contributed by atoms with Gasteiger partial charge in [-0.2, -0.15) is 0 Å². The van der Waals surface area contributed by atoms with Gasteiger partial charge in [-0.1, -0.05) is 24.3 Å². The van der Waals surface area contributed by atoms with E-state index in [2.05, 4.69) is 42.1 Å². The summed E-state index contributed by atoms with van der Waals surface area (Å²) in [4.78, 5) is 0. The number of aryl methyl sites for hydroxylation is 1. The highest BCUT2D eigenvalue weighted by Gasteiger charge is 2.49. The quantitative estimate of drug-likeness (QED) is 0.861. The summed E-state index contributed by atoms with van der Waals surface area (Å²) in [5.41, 5.74) is 2.13. The van der Waals surface area contributed by atoms with Crippen LogP contribution in [0.4, 0.5) is 5.69 Å². The molecule has 120 valence electrons. The molecule has 1 atom stereocenters. The molecule has 2 aliphatic rings. The number of ether oxygens (including phenoxy) is 2. The van der Waals surface area contributed by atoms with Gasteiger partial charge < -0.3 is 9.47 Å². The molecule has 0 N–H and O–H groups in total. The number of anilines is 1. The zero-order valence-electron chi connectivity index (χ0n) is 13.7. The lowest BCUT2D eigenvalue weighted by molar-refractivity contribution is 0.101. The number of hydrazine groups is 1. The van der Waals surface area contributed by atoms with Crippen molar-refractivity contribution in [1.82, 2.24) is 5.01 Å². The van der Waals surface area contributed by atoms with Gasteiger partial charge in [0.2, 0.25) is 0 Å². The van der Waals surface area contributed by atoms with Gasteiger partial charge in [0, 0.05) is 13.0 Å². The molecule has 4 heteroatoms. The molecule has 0 saturated carbocycles. The van der Waals surface area contributed by atoms with E-state index in [1.807, 2.05) is 30.3 Å². The van der Waals surface area contributed by atoms with Crippen LogP contribution in [0.1, 0.15) is 18.9 Å². The SMILES string of the molecule is Cc1ccc2c(c1)OC1(C)CCN(CCOc3ccccc3)N21. The molecule has 0 spiro atoms. The minimum Gasteiger partial charge on any atom is -0.492 e. The van der Waals surface area contributed by atoms with E-state index in [1.54, 1.807) is 0 Å². The summed E-state index contributed by atoms with van der Waals surface area (Å²) in [5, 5.41) is 4.64. The first-order valence-electron chi connectivity index (χ1n) is 8.18. The molecule has 2 aromatic carbocycles. The molecule has 23 heavy (non-hydrogen) atoms. The lowest BCUT2D eigenvalue weighted by atomic mass is 10.2. The molecule has 0 amide bonds. The van der Waals surface area contributed by atoms with E-state index in [0.29, 0.717) is 6.61 Å². The van der Waals surface area contributed by atoms with Gasteiger partial charge in [-0.25, -0.2) is 5.01 Å². The summed E-state index contributed by atoms with van der Waals surface area (Å²) in [6.45, 7) is 6.77. The summed E-state index contributed by atoms with van der Waals surface area (Å²) in [7, 11) is 0. The van der Waals surface area contributed by atoms with Gasteiger partial charge in [0.05, 0.1) is 12.2 Å². The molecule has 1 unspecified atom stereocenters. The molecule has 0 aromatic heterocycles. The van der Waals surface area contributed by atoms with Crippen LogP contribution in [0.15, 0.2) is 48.5 Å². The molecule has 2 aromatic rings. The van der Waals surface area contributed by atoms with Crippen molar-refractivity contribution in [2.45, 2.75) is 26.0 Å². The first-order valence-corrected chi connectivity index (χ1v) is 8.18. The van der Waals surface area contributed by atoms with Crippen LogP contribution in [0.25, 0.3) is 0 Å². The smallest absolute Gasteiger partial charge is 0.195 e. The van der Waals surface area contributed by atoms with Crippen molar-refractivity contribution < 1.29 is 9.47 Å². The minimum atomic E-state index is -0.261. The Bertz CT molecular complexity index is 704. The highest BCUT2D eigenvalue weighted by atomic mass is 16.5. The van der Waals surface area contributed by atoms with Crippen LogP contribution in [-0.2, 0) is 0 Å². The van der Waals surface area contributed by atoms with Gasteiger partial charge in [-0.3, -0.25) is 5.01 Å². The van der Waals surface area contributed by atoms with Crippen molar-refractivity contribution in [3.05, 3.63) is 54.1 Å². The number of benzene rings is 2. The zero-order chi connectivity index (χ0) is 15.9. The molecule has 2 heterocycles. The highest BCUT2D eigenvalue weighted by Crippen LogP contribution is 2.47. The largest absolute Gasteiger partial charge is 0.492 e. The molecule has 0 aliphatic carbocycles. The van der Waals surface area contributed by atoms with Gasteiger partial charge in [-0.05, 0) is 43.7 Å². The number of nitrogens with zero attached hydrogens (tertiary/aromatic N) is 2. The van der Waals surface area contributed by atoms with Crippen molar-refractivity contribution in [2.75, 3.05) is 24.7 Å². The fraction of sp³-hybridized carbons (Fsp3) is 0.368. The molecule has 4 nitrogen and oxygen atoms in total. The average Bonchev–Trinajstić information content (AvgIpc) is 3.00. The van der Waals surface area contributed by atoms with Crippen molar-refractivity contribution in [1.29, 1.82) is 0 Å². The van der Waals surface area contributed by atoms with Crippen LogP contribution < -0.4 is 14.5 Å². The summed E-state index contributed by atoms with van der Waals surface area (Å²) >= 11 is 0. The van der Waals surface area contributed by atoms with Crippen LogP contribution in [0.3, 0.4) is 0 Å². The Morgan fingerprint density at radius 1 is 1.17 bits per heavy atom. The predicted octanol–water partition coefficient (Wildman–Crippen LogP) is 3.61. The number of fused-ring (bicyclic) bond motifs is 3. The Hall–Kier alpha value is -2.20. The summed E-state index contributed by atoms with van der Waals surface area (Å²) in [6.07, 6.45) is 0.992. The van der Waals surface area contributed by atoms with Crippen molar-refractivity contribution in [3.8, 4) is 11.5 Å². The van der Waals surface area contributed by atoms with E-state index >= 15 is 0 Å². The summed E-state index contributed by atoms with van der Waals surface area (Å²) in [6, 6.07) is 16.4. The van der Waals surface area contributed by atoms with Gasteiger partial charge in [-0.15, -0.1) is 0 Å². The Morgan fingerprint density at radius 3 is 2.83 bits per heavy atom. The predicted molar refractivity (Wildman–Crippen MR) is 90.8 cm³/mol. The number of hydrogen-bond acceptors (Lipinski definition) is 4. The number of para-hydroxylation sites is 1. The fourth-order valence-electron chi connectivity index (χ4n) is 3.46. The number of hydrogen-bond donors (Lipinski definition) is 0. The lowest BCUT2D eigenvalue weighted by Gasteiger charge is -2.33. The summed E-state index contributed by atoms with van der Waals surface area (Å²) < 4.78 is 12.1. The molecule has 2 aliphatic heterocycles. The first-order chi connectivity index (χ1) is 11.2. The molecule has 0 radical (unpaired) electrons. The van der Waals surface area contributed by atoms with Gasteiger partial charge in [0.1, 0.15) is 18.1 Å². The maximum absolute atomic E-state index is 6.24. The van der Waals surface area contributed by atoms with Crippen LogP contribution in [-0.4, -0.2) is 30.4 Å². The third-order valence-electron chi connectivity index (χ3n) is 4.60. The van der Waals surface area contributed by atoms with E-state index in [-0.39, 0.29) is 5.72 Å². The third kappa shape index (κ3) is 2.53. The average molecular weight is 310 g/mol. The molecular formula is C19H22N2O2. The van der Waals surface area contributed by atoms with E-state index in [0.717, 1.165) is 36.7 Å². The van der Waals surface area contributed by atoms with Gasteiger partial charge >= 0.3 is 0 Å². The Labute approximate surface area is 137 Å². The number of rotatable bonds is 4. The van der Waals surface area contributed by atoms with Crippen LogP contribution in [0, 0.1) is 6.92 Å². The Kier molecular flexibility index (Phi) is 3.42. The molecular weight excluding hydrogens is 288 g/mol. The maximum Gasteiger partial charge on any atom is 0.195 e. The zero-order valence-corrected chi connectivity index (χ0v) is 13.7. The standard InChI is InChI=1S/C19H22N2O2/c1-15-8-9-17-18(14-15)23-19(2)10-11-20(21(17)19)12-13-22-16-6-4-3-5-7-16/h3-9,14H,10-13H2,1-2H3. The monoisotopic (exact) mass is 310 g/mol. The molecule has 1 saturated heterocycles. The first kappa shape index (κ1) is 14.4. The van der Waals surface area contributed by atoms with Crippen LogP contribution in [0.2, 0.25) is 0 Å². The van der Waals surface area contributed by atoms with Crippen molar-refractivity contribution in [3.63, 3.8) is 0 Å². The van der Waals surface area contributed by atoms with Gasteiger partial charge in [0.25, 0.3) is 0 Å². The normalized spacial score (nSPS) is 22.6. The molecule has 4 rings (SSSR count). The second-order valence-corrected chi connectivity index (χ2v) is 6.43. The second-order valence-electron chi connectivity index (χ2n) is 6.43. The maximum atomic E-state index is 6.24. The van der Waals surface area contributed by atoms with E-state index in [4.69, 9.17) is 9.47 Å². The van der Waals surface area contributed by atoms with Crippen LogP contribution in [0.5, 0.6) is 11.5 Å². The van der Waals surface area contributed by atoms with Crippen molar-refractivity contribution >= 4 is 5.69 Å². The van der Waals surface area contributed by atoms with Gasteiger partial charge in [0.15, 0.2) is 5.72 Å². The Morgan fingerprint density at radius 2 is 2.00 bits per heavy atom. The van der Waals surface area contributed by atoms with E-state index in [1.165, 1.54) is 5.56 Å². The topological polar surface area (TPSA) is 24.9 Å². The van der Waals surface area contributed by atoms with E-state index < -0.39 is 0 Å². The molecule has 0 bridgehead atoms. The fourth-order valence-corrected chi connectivity index (χ4v) is 3.46. The molecule has 1 fully saturated rings.